The number of ether oxygens (including phenoxy) is 1. The number of fused-ring (bicyclic) bond motifs is 1. The van der Waals surface area contributed by atoms with E-state index >= 15 is 0 Å². The lowest BCUT2D eigenvalue weighted by atomic mass is 10.2. The molecule has 0 saturated carbocycles. The summed E-state index contributed by atoms with van der Waals surface area (Å²) in [4.78, 5) is 14.5. The summed E-state index contributed by atoms with van der Waals surface area (Å²) in [5.41, 5.74) is 0.722. The van der Waals surface area contributed by atoms with E-state index in [1.165, 1.54) is 0 Å². The van der Waals surface area contributed by atoms with Crippen LogP contribution in [0.25, 0.3) is 10.9 Å². The Hall–Kier alpha value is -2.38. The predicted molar refractivity (Wildman–Crippen MR) is 94.1 cm³/mol. The Morgan fingerprint density at radius 1 is 1.25 bits per heavy atom. The van der Waals surface area contributed by atoms with Gasteiger partial charge in [0.2, 0.25) is 5.88 Å². The number of hydrogen-bond donors (Lipinski definition) is 2. The number of aromatic hydroxyl groups is 1. The highest BCUT2D eigenvalue weighted by Gasteiger charge is 2.13. The summed E-state index contributed by atoms with van der Waals surface area (Å²) >= 11 is 9.41. The Morgan fingerprint density at radius 3 is 2.75 bits per heavy atom. The van der Waals surface area contributed by atoms with Crippen LogP contribution in [0, 0.1) is 0 Å². The maximum Gasteiger partial charge on any atom is 0.302 e. The van der Waals surface area contributed by atoms with Crippen molar-refractivity contribution in [2.75, 3.05) is 6.61 Å². The molecule has 1 aromatic heterocycles. The van der Waals surface area contributed by atoms with E-state index in [9.17, 15) is 9.90 Å². The van der Waals surface area contributed by atoms with Gasteiger partial charge in [-0.3, -0.25) is 4.79 Å². The molecular weight excluding hydrogens is 398 g/mol. The Balaban J connectivity index is 1.72. The second-order valence-corrected chi connectivity index (χ2v) is 6.14. The molecule has 0 radical (unpaired) electrons. The second-order valence-electron chi connectivity index (χ2n) is 4.82. The number of halogens is 2. The Kier molecular flexibility index (Phi) is 4.82. The highest BCUT2D eigenvalue weighted by Crippen LogP contribution is 2.39. The summed E-state index contributed by atoms with van der Waals surface area (Å²) in [6.45, 7) is -0.262. The number of amides is 1. The molecule has 2 N–H and O–H groups in total. The molecule has 1 amide bonds. The quantitative estimate of drug-likeness (QED) is 0.597. The molecule has 3 rings (SSSR count). The number of aromatic nitrogens is 1. The van der Waals surface area contributed by atoms with Gasteiger partial charge >= 0.3 is 5.91 Å². The van der Waals surface area contributed by atoms with E-state index in [2.05, 4.69) is 31.1 Å². The molecule has 0 atom stereocenters. The van der Waals surface area contributed by atoms with E-state index in [-0.39, 0.29) is 18.2 Å². The first-order valence-electron chi connectivity index (χ1n) is 6.86. The smallest absolute Gasteiger partial charge is 0.302 e. The summed E-state index contributed by atoms with van der Waals surface area (Å²) in [6.07, 6.45) is 0. The second kappa shape index (κ2) is 7.02. The highest BCUT2D eigenvalue weighted by atomic mass is 79.9. The largest absolute Gasteiger partial charge is 0.493 e. The van der Waals surface area contributed by atoms with Crippen molar-refractivity contribution in [2.24, 2.45) is 10.2 Å². The van der Waals surface area contributed by atoms with Crippen molar-refractivity contribution in [3.63, 3.8) is 0 Å². The lowest BCUT2D eigenvalue weighted by molar-refractivity contribution is -0.120. The fraction of sp³-hybridized carbons (Fsp3) is 0.0625. The number of benzene rings is 2. The summed E-state index contributed by atoms with van der Waals surface area (Å²) in [7, 11) is 0. The molecule has 2 aromatic carbocycles. The van der Waals surface area contributed by atoms with E-state index in [1.54, 1.807) is 42.5 Å². The molecule has 0 bridgehead atoms. The summed E-state index contributed by atoms with van der Waals surface area (Å²) in [5, 5.41) is 18.2. The van der Waals surface area contributed by atoms with Crippen LogP contribution in [0.1, 0.15) is 0 Å². The monoisotopic (exact) mass is 407 g/mol. The van der Waals surface area contributed by atoms with Crippen LogP contribution >= 0.6 is 27.5 Å². The first kappa shape index (κ1) is 16.5. The SMILES string of the molecule is O=C(COc1ccc(Br)cc1)N=Nc1c(O)[nH]c2cccc(Cl)c12. The molecule has 0 aliphatic rings. The summed E-state index contributed by atoms with van der Waals surface area (Å²) in [6, 6.07) is 12.2. The Bertz CT molecular complexity index is 922. The van der Waals surface area contributed by atoms with Gasteiger partial charge in [0.1, 0.15) is 5.75 Å². The topological polar surface area (TPSA) is 87.0 Å². The Morgan fingerprint density at radius 2 is 2.00 bits per heavy atom. The van der Waals surface area contributed by atoms with Gasteiger partial charge in [0.05, 0.1) is 10.5 Å². The molecular formula is C16H11BrClN3O3. The highest BCUT2D eigenvalue weighted by molar-refractivity contribution is 9.10. The number of rotatable bonds is 4. The fourth-order valence-corrected chi connectivity index (χ4v) is 2.61. The van der Waals surface area contributed by atoms with Crippen LogP contribution < -0.4 is 4.74 Å². The third-order valence-corrected chi connectivity index (χ3v) is 4.01. The first-order chi connectivity index (χ1) is 11.5. The number of carbonyl (C=O) groups is 1. The lowest BCUT2D eigenvalue weighted by Gasteiger charge is -2.02. The van der Waals surface area contributed by atoms with Crippen molar-refractivity contribution in [2.45, 2.75) is 0 Å². The normalized spacial score (nSPS) is 11.2. The van der Waals surface area contributed by atoms with E-state index in [4.69, 9.17) is 16.3 Å². The molecule has 0 saturated heterocycles. The molecule has 3 aromatic rings. The van der Waals surface area contributed by atoms with Crippen molar-refractivity contribution >= 4 is 50.0 Å². The predicted octanol–water partition coefficient (Wildman–Crippen LogP) is 4.98. The zero-order chi connectivity index (χ0) is 17.1. The van der Waals surface area contributed by atoms with Crippen molar-refractivity contribution in [3.05, 3.63) is 52.0 Å². The van der Waals surface area contributed by atoms with Gasteiger partial charge in [-0.25, -0.2) is 0 Å². The standard InChI is InChI=1S/C16H11BrClN3O3/c17-9-4-6-10(7-5-9)24-8-13(22)20-21-15-14-11(18)2-1-3-12(14)19-16(15)23/h1-7,19,23H,8H2. The van der Waals surface area contributed by atoms with Crippen LogP contribution in [0.4, 0.5) is 5.69 Å². The third kappa shape index (κ3) is 3.58. The van der Waals surface area contributed by atoms with Crippen LogP contribution in [0.15, 0.2) is 57.2 Å². The lowest BCUT2D eigenvalue weighted by Crippen LogP contribution is -2.07. The number of hydrogen-bond acceptors (Lipinski definition) is 4. The molecule has 122 valence electrons. The number of aromatic amines is 1. The van der Waals surface area contributed by atoms with Crippen molar-refractivity contribution < 1.29 is 14.6 Å². The molecule has 0 aliphatic carbocycles. The van der Waals surface area contributed by atoms with Gasteiger partial charge in [0.25, 0.3) is 0 Å². The van der Waals surface area contributed by atoms with Gasteiger partial charge in [-0.05, 0) is 36.4 Å². The summed E-state index contributed by atoms with van der Waals surface area (Å²) in [5.74, 6) is -0.248. The molecule has 8 heteroatoms. The number of H-pyrrole nitrogens is 1. The van der Waals surface area contributed by atoms with Crippen molar-refractivity contribution in [1.29, 1.82) is 0 Å². The third-order valence-electron chi connectivity index (χ3n) is 3.17. The van der Waals surface area contributed by atoms with E-state index < -0.39 is 5.91 Å². The zero-order valence-electron chi connectivity index (χ0n) is 12.2. The molecule has 0 spiro atoms. The van der Waals surface area contributed by atoms with Crippen LogP contribution in [-0.4, -0.2) is 22.6 Å². The average molecular weight is 409 g/mol. The van der Waals surface area contributed by atoms with E-state index in [0.29, 0.717) is 21.7 Å². The number of azo groups is 1. The van der Waals surface area contributed by atoms with Gasteiger partial charge in [0, 0.05) is 9.86 Å². The Labute approximate surface area is 150 Å². The van der Waals surface area contributed by atoms with Gasteiger partial charge in [-0.15, -0.1) is 10.2 Å². The summed E-state index contributed by atoms with van der Waals surface area (Å²) < 4.78 is 6.22. The van der Waals surface area contributed by atoms with E-state index in [1.807, 2.05) is 0 Å². The minimum atomic E-state index is -0.585. The minimum absolute atomic E-state index is 0.118. The maximum atomic E-state index is 11.8. The van der Waals surface area contributed by atoms with Gasteiger partial charge in [-0.2, -0.15) is 0 Å². The molecule has 0 unspecified atom stereocenters. The van der Waals surface area contributed by atoms with Crippen molar-refractivity contribution in [3.8, 4) is 11.6 Å². The van der Waals surface area contributed by atoms with Crippen LogP contribution in [0.3, 0.4) is 0 Å². The minimum Gasteiger partial charge on any atom is -0.493 e. The molecule has 0 fully saturated rings. The number of nitrogens with zero attached hydrogens (tertiary/aromatic N) is 2. The van der Waals surface area contributed by atoms with Gasteiger partial charge in [0.15, 0.2) is 12.3 Å². The van der Waals surface area contributed by atoms with Crippen LogP contribution in [0.2, 0.25) is 5.02 Å². The molecule has 24 heavy (non-hydrogen) atoms. The van der Waals surface area contributed by atoms with Crippen LogP contribution in [-0.2, 0) is 4.79 Å². The first-order valence-corrected chi connectivity index (χ1v) is 8.04. The molecule has 0 aliphatic heterocycles. The zero-order valence-corrected chi connectivity index (χ0v) is 14.5. The van der Waals surface area contributed by atoms with E-state index in [0.717, 1.165) is 4.47 Å². The molecule has 1 heterocycles. The average Bonchev–Trinajstić information content (AvgIpc) is 2.89. The maximum absolute atomic E-state index is 11.8. The van der Waals surface area contributed by atoms with Gasteiger partial charge < -0.3 is 14.8 Å². The fourth-order valence-electron chi connectivity index (χ4n) is 2.08. The number of nitrogens with one attached hydrogen (secondary N) is 1. The van der Waals surface area contributed by atoms with Gasteiger partial charge in [-0.1, -0.05) is 33.6 Å². The number of carbonyl (C=O) groups excluding carboxylic acids is 1. The molecule has 6 nitrogen and oxygen atoms in total. The van der Waals surface area contributed by atoms with Crippen molar-refractivity contribution in [1.82, 2.24) is 4.98 Å². The van der Waals surface area contributed by atoms with Crippen LogP contribution in [0.5, 0.6) is 11.6 Å².